The Morgan fingerprint density at radius 2 is 2.17 bits per heavy atom. The number of ether oxygens (including phenoxy) is 1. The van der Waals surface area contributed by atoms with Crippen LogP contribution in [0.15, 0.2) is 0 Å². The Bertz CT molecular complexity index is 188. The maximum Gasteiger partial charge on any atom is 0.407 e. The molecule has 0 radical (unpaired) electrons. The van der Waals surface area contributed by atoms with Crippen molar-refractivity contribution < 1.29 is 9.53 Å². The molecule has 1 amide bonds. The number of carbonyl (C=O) groups excluding carboxylic acids is 1. The average molecular weight is 170 g/mol. The van der Waals surface area contributed by atoms with Gasteiger partial charge >= 0.3 is 6.09 Å². The molecular weight excluding hydrogens is 156 g/mol. The van der Waals surface area contributed by atoms with Crippen molar-refractivity contribution in [1.82, 2.24) is 5.32 Å². The maximum atomic E-state index is 10.9. The normalized spacial score (nSPS) is 10.2. The van der Waals surface area contributed by atoms with Gasteiger partial charge < -0.3 is 14.9 Å². The van der Waals surface area contributed by atoms with Gasteiger partial charge in [-0.25, -0.2) is 11.4 Å². The molecule has 0 rings (SSSR count). The van der Waals surface area contributed by atoms with E-state index in [1.807, 2.05) is 0 Å². The molecule has 0 aromatic rings. The SMILES string of the molecule is [C-]#[N+]CCNC(=O)OC(C)(C)C. The Balaban J connectivity index is 3.56. The summed E-state index contributed by atoms with van der Waals surface area (Å²) in [4.78, 5) is 14.0. The van der Waals surface area contributed by atoms with E-state index in [0.717, 1.165) is 0 Å². The third-order valence-corrected chi connectivity index (χ3v) is 0.892. The van der Waals surface area contributed by atoms with Gasteiger partial charge in [0.25, 0.3) is 0 Å². The van der Waals surface area contributed by atoms with Crippen molar-refractivity contribution in [2.75, 3.05) is 13.1 Å². The molecule has 0 aromatic carbocycles. The standard InChI is InChI=1S/C8H14N2O2/c1-8(2,3)12-7(11)10-6-5-9-4/h5-6H2,1-3H3,(H,10,11). The van der Waals surface area contributed by atoms with Crippen molar-refractivity contribution in [3.63, 3.8) is 0 Å². The van der Waals surface area contributed by atoms with Crippen molar-refractivity contribution in [1.29, 1.82) is 0 Å². The summed E-state index contributed by atoms with van der Waals surface area (Å²) in [6, 6.07) is 0. The molecule has 0 unspecified atom stereocenters. The zero-order valence-electron chi connectivity index (χ0n) is 7.68. The van der Waals surface area contributed by atoms with E-state index in [2.05, 4.69) is 10.2 Å². The highest BCUT2D eigenvalue weighted by molar-refractivity contribution is 5.67. The molecule has 0 saturated carbocycles. The highest BCUT2D eigenvalue weighted by Crippen LogP contribution is 2.05. The molecule has 0 atom stereocenters. The number of hydrogen-bond donors (Lipinski definition) is 1. The Hall–Kier alpha value is -1.24. The molecule has 0 aliphatic carbocycles. The van der Waals surface area contributed by atoms with Crippen LogP contribution in [-0.4, -0.2) is 24.8 Å². The first kappa shape index (κ1) is 10.8. The van der Waals surface area contributed by atoms with Gasteiger partial charge in [-0.05, 0) is 20.8 Å². The highest BCUT2D eigenvalue weighted by Gasteiger charge is 2.15. The lowest BCUT2D eigenvalue weighted by Crippen LogP contribution is -2.33. The summed E-state index contributed by atoms with van der Waals surface area (Å²) < 4.78 is 4.93. The zero-order chi connectivity index (χ0) is 9.61. The van der Waals surface area contributed by atoms with Crippen LogP contribution in [0.5, 0.6) is 0 Å². The number of amides is 1. The van der Waals surface area contributed by atoms with Crippen LogP contribution in [0.25, 0.3) is 4.85 Å². The second kappa shape index (κ2) is 4.60. The molecule has 1 N–H and O–H groups in total. The van der Waals surface area contributed by atoms with E-state index in [9.17, 15) is 4.79 Å². The largest absolute Gasteiger partial charge is 0.444 e. The molecule has 0 heterocycles. The van der Waals surface area contributed by atoms with Gasteiger partial charge in [-0.1, -0.05) is 0 Å². The van der Waals surface area contributed by atoms with Gasteiger partial charge in [0, 0.05) is 0 Å². The second-order valence-electron chi connectivity index (χ2n) is 3.31. The average Bonchev–Trinajstić information content (AvgIpc) is 1.84. The lowest BCUT2D eigenvalue weighted by molar-refractivity contribution is 0.0530. The van der Waals surface area contributed by atoms with E-state index in [1.165, 1.54) is 0 Å². The monoisotopic (exact) mass is 170 g/mol. The minimum Gasteiger partial charge on any atom is -0.444 e. The molecule has 0 fully saturated rings. The first-order valence-electron chi connectivity index (χ1n) is 3.76. The number of rotatable bonds is 2. The predicted molar refractivity (Wildman–Crippen MR) is 45.7 cm³/mol. The summed E-state index contributed by atoms with van der Waals surface area (Å²) in [5.41, 5.74) is -0.470. The summed E-state index contributed by atoms with van der Waals surface area (Å²) in [5.74, 6) is 0. The molecule has 4 nitrogen and oxygen atoms in total. The van der Waals surface area contributed by atoms with Crippen LogP contribution in [0.4, 0.5) is 4.79 Å². The summed E-state index contributed by atoms with van der Waals surface area (Å²) in [6.07, 6.45) is -0.467. The Kier molecular flexibility index (Phi) is 4.12. The predicted octanol–water partition coefficient (Wildman–Crippen LogP) is 1.43. The first-order chi connectivity index (χ1) is 5.45. The van der Waals surface area contributed by atoms with Gasteiger partial charge in [0.2, 0.25) is 6.54 Å². The van der Waals surface area contributed by atoms with E-state index in [-0.39, 0.29) is 0 Å². The number of alkyl carbamates (subject to hydrolysis) is 1. The summed E-state index contributed by atoms with van der Waals surface area (Å²) >= 11 is 0. The molecule has 0 aliphatic heterocycles. The Labute approximate surface area is 72.7 Å². The minimum absolute atomic E-state index is 0.291. The lowest BCUT2D eigenvalue weighted by Gasteiger charge is -2.19. The van der Waals surface area contributed by atoms with Gasteiger partial charge in [0.05, 0.1) is 6.54 Å². The van der Waals surface area contributed by atoms with Crippen LogP contribution < -0.4 is 5.32 Å². The summed E-state index contributed by atoms with van der Waals surface area (Å²) in [5, 5.41) is 2.47. The first-order valence-corrected chi connectivity index (χ1v) is 3.76. The van der Waals surface area contributed by atoms with Crippen LogP contribution in [-0.2, 0) is 4.74 Å². The van der Waals surface area contributed by atoms with E-state index >= 15 is 0 Å². The number of hydrogen-bond acceptors (Lipinski definition) is 2. The van der Waals surface area contributed by atoms with Crippen LogP contribution in [0.2, 0.25) is 0 Å². The van der Waals surface area contributed by atoms with E-state index in [1.54, 1.807) is 20.8 Å². The van der Waals surface area contributed by atoms with Crippen LogP contribution in [0.3, 0.4) is 0 Å². The fourth-order valence-corrected chi connectivity index (χ4v) is 0.528. The Morgan fingerprint density at radius 3 is 2.58 bits per heavy atom. The van der Waals surface area contributed by atoms with Crippen molar-refractivity contribution in [2.45, 2.75) is 26.4 Å². The fourth-order valence-electron chi connectivity index (χ4n) is 0.528. The smallest absolute Gasteiger partial charge is 0.407 e. The molecular formula is C8H14N2O2. The lowest BCUT2D eigenvalue weighted by atomic mass is 10.2. The van der Waals surface area contributed by atoms with Crippen molar-refractivity contribution >= 4 is 6.09 Å². The summed E-state index contributed by atoms with van der Waals surface area (Å²) in [7, 11) is 0. The molecule has 12 heavy (non-hydrogen) atoms. The van der Waals surface area contributed by atoms with E-state index in [4.69, 9.17) is 11.3 Å². The third kappa shape index (κ3) is 6.87. The van der Waals surface area contributed by atoms with Crippen LogP contribution in [0.1, 0.15) is 20.8 Å². The minimum atomic E-state index is -0.470. The molecule has 0 spiro atoms. The molecule has 0 bridgehead atoms. The quantitative estimate of drug-likeness (QED) is 0.503. The van der Waals surface area contributed by atoms with Gasteiger partial charge in [-0.3, -0.25) is 0 Å². The molecule has 68 valence electrons. The topological polar surface area (TPSA) is 42.7 Å². The number of carbonyl (C=O) groups is 1. The number of nitrogens with zero attached hydrogens (tertiary/aromatic N) is 1. The highest BCUT2D eigenvalue weighted by atomic mass is 16.6. The van der Waals surface area contributed by atoms with Gasteiger partial charge in [-0.15, -0.1) is 0 Å². The molecule has 4 heteroatoms. The molecule has 0 aliphatic rings. The van der Waals surface area contributed by atoms with Gasteiger partial charge in [0.1, 0.15) is 5.60 Å². The van der Waals surface area contributed by atoms with Gasteiger partial charge in [-0.2, -0.15) is 0 Å². The fraction of sp³-hybridized carbons (Fsp3) is 0.750. The summed E-state index contributed by atoms with van der Waals surface area (Å²) in [6.45, 7) is 12.5. The van der Waals surface area contributed by atoms with Gasteiger partial charge in [0.15, 0.2) is 0 Å². The third-order valence-electron chi connectivity index (χ3n) is 0.892. The van der Waals surface area contributed by atoms with Crippen molar-refractivity contribution in [3.05, 3.63) is 11.4 Å². The van der Waals surface area contributed by atoms with Crippen molar-refractivity contribution in [3.8, 4) is 0 Å². The van der Waals surface area contributed by atoms with E-state index in [0.29, 0.717) is 13.1 Å². The van der Waals surface area contributed by atoms with Crippen LogP contribution in [0, 0.1) is 6.57 Å². The van der Waals surface area contributed by atoms with Crippen LogP contribution >= 0.6 is 0 Å². The van der Waals surface area contributed by atoms with E-state index < -0.39 is 11.7 Å². The zero-order valence-corrected chi connectivity index (χ0v) is 7.68. The molecule has 0 aromatic heterocycles. The maximum absolute atomic E-state index is 10.9. The van der Waals surface area contributed by atoms with Crippen molar-refractivity contribution in [2.24, 2.45) is 0 Å². The second-order valence-corrected chi connectivity index (χ2v) is 3.31. The molecule has 0 saturated heterocycles. The Morgan fingerprint density at radius 1 is 1.58 bits per heavy atom. The number of nitrogens with one attached hydrogen (secondary N) is 1.